The van der Waals surface area contributed by atoms with Gasteiger partial charge in [0.05, 0.1) is 18.1 Å². The highest BCUT2D eigenvalue weighted by molar-refractivity contribution is 5.64. The maximum absolute atomic E-state index is 11.1. The molecule has 0 spiro atoms. The lowest BCUT2D eigenvalue weighted by atomic mass is 10.1. The normalized spacial score (nSPS) is 10.1. The summed E-state index contributed by atoms with van der Waals surface area (Å²) in [5, 5.41) is 14.2. The molecule has 0 saturated carbocycles. The Kier molecular flexibility index (Phi) is 4.20. The van der Waals surface area contributed by atoms with Crippen LogP contribution in [0.1, 0.15) is 11.1 Å². The van der Waals surface area contributed by atoms with E-state index in [4.69, 9.17) is 4.74 Å². The first kappa shape index (κ1) is 13.9. The number of rotatable bonds is 5. The van der Waals surface area contributed by atoms with Gasteiger partial charge in [-0.05, 0) is 24.6 Å². The second-order valence-corrected chi connectivity index (χ2v) is 4.48. The molecule has 1 N–H and O–H groups in total. The van der Waals surface area contributed by atoms with Crippen molar-refractivity contribution in [3.8, 4) is 5.75 Å². The van der Waals surface area contributed by atoms with Crippen molar-refractivity contribution >= 4 is 11.4 Å². The topological polar surface area (TPSA) is 64.4 Å². The summed E-state index contributed by atoms with van der Waals surface area (Å²) < 4.78 is 5.01. The van der Waals surface area contributed by atoms with Crippen LogP contribution in [0.2, 0.25) is 0 Å². The molecule has 2 aromatic rings. The monoisotopic (exact) mass is 272 g/mol. The quantitative estimate of drug-likeness (QED) is 0.668. The van der Waals surface area contributed by atoms with Crippen LogP contribution in [0.15, 0.2) is 42.5 Å². The average Bonchev–Trinajstić information content (AvgIpc) is 2.45. The second-order valence-electron chi connectivity index (χ2n) is 4.48. The van der Waals surface area contributed by atoms with E-state index in [9.17, 15) is 10.1 Å². The summed E-state index contributed by atoms with van der Waals surface area (Å²) in [7, 11) is 1.49. The minimum absolute atomic E-state index is 0.0111. The number of ether oxygens (including phenoxy) is 1. The Morgan fingerprint density at radius 3 is 2.70 bits per heavy atom. The van der Waals surface area contributed by atoms with Crippen molar-refractivity contribution in [1.29, 1.82) is 0 Å². The Morgan fingerprint density at radius 1 is 1.25 bits per heavy atom. The van der Waals surface area contributed by atoms with E-state index in [0.717, 1.165) is 11.1 Å². The van der Waals surface area contributed by atoms with Gasteiger partial charge in [0.25, 0.3) is 5.69 Å². The zero-order valence-electron chi connectivity index (χ0n) is 11.4. The van der Waals surface area contributed by atoms with Crippen molar-refractivity contribution in [2.75, 3.05) is 12.4 Å². The third-order valence-corrected chi connectivity index (χ3v) is 2.97. The molecule has 0 aromatic heterocycles. The predicted octanol–water partition coefficient (Wildman–Crippen LogP) is 3.52. The molecule has 0 saturated heterocycles. The number of hydrogen-bond donors (Lipinski definition) is 1. The third kappa shape index (κ3) is 3.26. The molecule has 5 nitrogen and oxygen atoms in total. The van der Waals surface area contributed by atoms with Crippen molar-refractivity contribution in [2.24, 2.45) is 0 Å². The first-order valence-electron chi connectivity index (χ1n) is 6.22. The van der Waals surface area contributed by atoms with E-state index in [1.54, 1.807) is 12.1 Å². The summed E-state index contributed by atoms with van der Waals surface area (Å²) in [6.07, 6.45) is 0. The molecular formula is C15H16N2O3. The van der Waals surface area contributed by atoms with Gasteiger partial charge >= 0.3 is 0 Å². The smallest absolute Gasteiger partial charge is 0.296 e. The summed E-state index contributed by atoms with van der Waals surface area (Å²) in [5.74, 6) is 0.470. The molecule has 0 amide bonds. The second kappa shape index (κ2) is 6.06. The average molecular weight is 272 g/mol. The number of nitrogens with one attached hydrogen (secondary N) is 1. The number of anilines is 1. The van der Waals surface area contributed by atoms with Crippen LogP contribution in [0.3, 0.4) is 0 Å². The third-order valence-electron chi connectivity index (χ3n) is 2.97. The fourth-order valence-electron chi connectivity index (χ4n) is 1.96. The van der Waals surface area contributed by atoms with Crippen molar-refractivity contribution in [1.82, 2.24) is 0 Å². The molecule has 0 atom stereocenters. The number of nitro groups is 1. The van der Waals surface area contributed by atoms with Gasteiger partial charge < -0.3 is 10.1 Å². The Hall–Kier alpha value is -2.56. The van der Waals surface area contributed by atoms with Crippen LogP contribution in [-0.4, -0.2) is 12.0 Å². The highest BCUT2D eigenvalue weighted by Gasteiger charge is 2.14. The standard InChI is InChI=1S/C15H16N2O3/c1-11-4-3-5-12(8-11)10-16-14-7-6-13(20-2)9-15(14)17(18)19/h3-9,16H,10H2,1-2H3. The van der Waals surface area contributed by atoms with Gasteiger partial charge in [0.1, 0.15) is 11.4 Å². The number of nitrogens with zero attached hydrogens (tertiary/aromatic N) is 1. The van der Waals surface area contributed by atoms with Crippen molar-refractivity contribution < 1.29 is 9.66 Å². The lowest BCUT2D eigenvalue weighted by Gasteiger charge is -2.09. The van der Waals surface area contributed by atoms with Crippen LogP contribution in [0, 0.1) is 17.0 Å². The Bertz CT molecular complexity index is 626. The van der Waals surface area contributed by atoms with Crippen molar-refractivity contribution in [2.45, 2.75) is 13.5 Å². The molecule has 0 bridgehead atoms. The molecule has 2 aromatic carbocycles. The van der Waals surface area contributed by atoms with E-state index >= 15 is 0 Å². The Balaban J connectivity index is 2.18. The van der Waals surface area contributed by atoms with Crippen LogP contribution >= 0.6 is 0 Å². The summed E-state index contributed by atoms with van der Waals surface area (Å²) >= 11 is 0. The molecule has 0 heterocycles. The summed E-state index contributed by atoms with van der Waals surface area (Å²) in [5.41, 5.74) is 2.73. The molecule has 20 heavy (non-hydrogen) atoms. The van der Waals surface area contributed by atoms with Gasteiger partial charge in [-0.2, -0.15) is 0 Å². The molecule has 0 aliphatic heterocycles. The number of aryl methyl sites for hydroxylation is 1. The zero-order valence-corrected chi connectivity index (χ0v) is 11.4. The van der Waals surface area contributed by atoms with Gasteiger partial charge in [-0.25, -0.2) is 0 Å². The van der Waals surface area contributed by atoms with Crippen molar-refractivity contribution in [3.05, 3.63) is 63.7 Å². The highest BCUT2D eigenvalue weighted by atomic mass is 16.6. The van der Waals surface area contributed by atoms with E-state index in [-0.39, 0.29) is 5.69 Å². The lowest BCUT2D eigenvalue weighted by Crippen LogP contribution is -2.03. The van der Waals surface area contributed by atoms with Gasteiger partial charge in [-0.1, -0.05) is 29.8 Å². The largest absolute Gasteiger partial charge is 0.496 e. The zero-order chi connectivity index (χ0) is 14.5. The Morgan fingerprint density at radius 2 is 2.05 bits per heavy atom. The van der Waals surface area contributed by atoms with Crippen LogP contribution in [0.5, 0.6) is 5.75 Å². The molecular weight excluding hydrogens is 256 g/mol. The van der Waals surface area contributed by atoms with Gasteiger partial charge in [-0.15, -0.1) is 0 Å². The predicted molar refractivity (Wildman–Crippen MR) is 78.2 cm³/mol. The van der Waals surface area contributed by atoms with E-state index < -0.39 is 4.92 Å². The van der Waals surface area contributed by atoms with E-state index in [1.807, 2.05) is 31.2 Å². The molecule has 0 aliphatic carbocycles. The maximum Gasteiger partial charge on any atom is 0.296 e. The van der Waals surface area contributed by atoms with Crippen LogP contribution in [-0.2, 0) is 6.54 Å². The van der Waals surface area contributed by atoms with Gasteiger partial charge in [0, 0.05) is 6.54 Å². The number of nitro benzene ring substituents is 1. The molecule has 5 heteroatoms. The first-order valence-corrected chi connectivity index (χ1v) is 6.22. The highest BCUT2D eigenvalue weighted by Crippen LogP contribution is 2.29. The van der Waals surface area contributed by atoms with Crippen LogP contribution < -0.4 is 10.1 Å². The minimum Gasteiger partial charge on any atom is -0.496 e. The van der Waals surface area contributed by atoms with Crippen LogP contribution in [0.4, 0.5) is 11.4 Å². The summed E-state index contributed by atoms with van der Waals surface area (Å²) in [6.45, 7) is 2.55. The SMILES string of the molecule is COc1ccc(NCc2cccc(C)c2)c([N+](=O)[O-])c1. The van der Waals surface area contributed by atoms with Gasteiger partial charge in [0.15, 0.2) is 0 Å². The molecule has 104 valence electrons. The lowest BCUT2D eigenvalue weighted by molar-refractivity contribution is -0.384. The number of methoxy groups -OCH3 is 1. The molecule has 0 unspecified atom stereocenters. The number of hydrogen-bond acceptors (Lipinski definition) is 4. The fourth-order valence-corrected chi connectivity index (χ4v) is 1.96. The fraction of sp³-hybridized carbons (Fsp3) is 0.200. The minimum atomic E-state index is -0.416. The molecule has 2 rings (SSSR count). The van der Waals surface area contributed by atoms with Gasteiger partial charge in [0.2, 0.25) is 0 Å². The van der Waals surface area contributed by atoms with E-state index in [0.29, 0.717) is 18.0 Å². The maximum atomic E-state index is 11.1. The van der Waals surface area contributed by atoms with Gasteiger partial charge in [-0.3, -0.25) is 10.1 Å². The Labute approximate surface area is 117 Å². The van der Waals surface area contributed by atoms with Crippen molar-refractivity contribution in [3.63, 3.8) is 0 Å². The van der Waals surface area contributed by atoms with E-state index in [2.05, 4.69) is 5.32 Å². The van der Waals surface area contributed by atoms with Crippen LogP contribution in [0.25, 0.3) is 0 Å². The summed E-state index contributed by atoms with van der Waals surface area (Å²) in [6, 6.07) is 12.8. The van der Waals surface area contributed by atoms with E-state index in [1.165, 1.54) is 13.2 Å². The first-order chi connectivity index (χ1) is 9.60. The molecule has 0 fully saturated rings. The molecule has 0 radical (unpaired) electrons. The summed E-state index contributed by atoms with van der Waals surface area (Å²) in [4.78, 5) is 10.6. The number of benzene rings is 2. The molecule has 0 aliphatic rings.